The van der Waals surface area contributed by atoms with Gasteiger partial charge in [0.15, 0.2) is 0 Å². The van der Waals surface area contributed by atoms with Crippen molar-refractivity contribution in [2.75, 3.05) is 11.9 Å². The van der Waals surface area contributed by atoms with Crippen LogP contribution in [0.25, 0.3) is 0 Å². The summed E-state index contributed by atoms with van der Waals surface area (Å²) >= 11 is 2.19. The van der Waals surface area contributed by atoms with Gasteiger partial charge in [0.2, 0.25) is 0 Å². The van der Waals surface area contributed by atoms with Gasteiger partial charge in [-0.2, -0.15) is 0 Å². The van der Waals surface area contributed by atoms with E-state index in [0.29, 0.717) is 0 Å². The van der Waals surface area contributed by atoms with Crippen LogP contribution < -0.4 is 5.32 Å². The van der Waals surface area contributed by atoms with Crippen molar-refractivity contribution in [1.82, 2.24) is 9.97 Å². The standard InChI is InChI=1S/C10H14IN3O/c11-8-6-12-7-14-9(8)13-5-4-10(15)2-1-3-10/h6-7,15H,1-5H2,(H,12,13,14). The van der Waals surface area contributed by atoms with E-state index in [1.807, 2.05) is 0 Å². The van der Waals surface area contributed by atoms with E-state index in [4.69, 9.17) is 0 Å². The summed E-state index contributed by atoms with van der Waals surface area (Å²) in [6.45, 7) is 0.767. The number of hydrogen-bond acceptors (Lipinski definition) is 4. The van der Waals surface area contributed by atoms with Gasteiger partial charge in [0, 0.05) is 12.7 Å². The van der Waals surface area contributed by atoms with Crippen molar-refractivity contribution in [3.8, 4) is 0 Å². The van der Waals surface area contributed by atoms with Gasteiger partial charge in [-0.25, -0.2) is 9.97 Å². The Morgan fingerprint density at radius 2 is 2.33 bits per heavy atom. The highest BCUT2D eigenvalue weighted by atomic mass is 127. The molecule has 0 aliphatic heterocycles. The van der Waals surface area contributed by atoms with Crippen LogP contribution in [-0.2, 0) is 0 Å². The minimum absolute atomic E-state index is 0.411. The van der Waals surface area contributed by atoms with Gasteiger partial charge in [0.05, 0.1) is 9.17 Å². The lowest BCUT2D eigenvalue weighted by atomic mass is 9.78. The largest absolute Gasteiger partial charge is 0.390 e. The first-order valence-corrected chi connectivity index (χ1v) is 6.19. The molecule has 0 radical (unpaired) electrons. The quantitative estimate of drug-likeness (QED) is 0.831. The molecule has 1 fully saturated rings. The van der Waals surface area contributed by atoms with E-state index in [1.54, 1.807) is 6.20 Å². The molecule has 15 heavy (non-hydrogen) atoms. The fraction of sp³-hybridized carbons (Fsp3) is 0.600. The normalized spacial score (nSPS) is 18.3. The van der Waals surface area contributed by atoms with Crippen LogP contribution in [0.5, 0.6) is 0 Å². The molecule has 4 nitrogen and oxygen atoms in total. The van der Waals surface area contributed by atoms with Crippen LogP contribution in [0.3, 0.4) is 0 Å². The van der Waals surface area contributed by atoms with Gasteiger partial charge in [0.25, 0.3) is 0 Å². The number of halogens is 1. The molecular formula is C10H14IN3O. The molecule has 0 unspecified atom stereocenters. The van der Waals surface area contributed by atoms with Crippen molar-refractivity contribution in [2.45, 2.75) is 31.3 Å². The average molecular weight is 319 g/mol. The predicted octanol–water partition coefficient (Wildman–Crippen LogP) is 1.80. The lowest BCUT2D eigenvalue weighted by Gasteiger charge is -2.36. The molecule has 0 aromatic carbocycles. The summed E-state index contributed by atoms with van der Waals surface area (Å²) in [5.74, 6) is 0.855. The maximum atomic E-state index is 9.88. The number of aliphatic hydroxyl groups is 1. The van der Waals surface area contributed by atoms with E-state index < -0.39 is 5.60 Å². The Kier molecular flexibility index (Phi) is 3.40. The number of anilines is 1. The van der Waals surface area contributed by atoms with Crippen LogP contribution in [0.4, 0.5) is 5.82 Å². The number of hydrogen-bond donors (Lipinski definition) is 2. The highest BCUT2D eigenvalue weighted by Crippen LogP contribution is 2.34. The molecule has 1 heterocycles. The van der Waals surface area contributed by atoms with Gasteiger partial charge in [-0.1, -0.05) is 0 Å². The maximum Gasteiger partial charge on any atom is 0.142 e. The Bertz CT molecular complexity index is 341. The van der Waals surface area contributed by atoms with Crippen LogP contribution in [-0.4, -0.2) is 27.2 Å². The van der Waals surface area contributed by atoms with E-state index in [2.05, 4.69) is 37.9 Å². The SMILES string of the molecule is OC1(CCNc2ncncc2I)CCC1. The van der Waals surface area contributed by atoms with E-state index in [-0.39, 0.29) is 0 Å². The Hall–Kier alpha value is -0.430. The van der Waals surface area contributed by atoms with Gasteiger partial charge in [-0.05, 0) is 48.3 Å². The van der Waals surface area contributed by atoms with Gasteiger partial charge < -0.3 is 10.4 Å². The van der Waals surface area contributed by atoms with Crippen LogP contribution in [0.15, 0.2) is 12.5 Å². The summed E-state index contributed by atoms with van der Waals surface area (Å²) in [6.07, 6.45) is 7.14. The van der Waals surface area contributed by atoms with Gasteiger partial charge in [-0.3, -0.25) is 0 Å². The van der Waals surface area contributed by atoms with Crippen molar-refractivity contribution >= 4 is 28.4 Å². The van der Waals surface area contributed by atoms with Gasteiger partial charge >= 0.3 is 0 Å². The second-order valence-corrected chi connectivity index (χ2v) is 5.14. The van der Waals surface area contributed by atoms with Crippen molar-refractivity contribution < 1.29 is 5.11 Å². The molecule has 1 aliphatic rings. The zero-order valence-electron chi connectivity index (χ0n) is 8.41. The molecular weight excluding hydrogens is 305 g/mol. The zero-order chi connectivity index (χ0) is 10.7. The molecule has 0 bridgehead atoms. The topological polar surface area (TPSA) is 58.0 Å². The molecule has 1 aromatic heterocycles. The molecule has 0 saturated heterocycles. The Morgan fingerprint density at radius 1 is 1.53 bits per heavy atom. The number of nitrogens with one attached hydrogen (secondary N) is 1. The van der Waals surface area contributed by atoms with Crippen LogP contribution in [0.1, 0.15) is 25.7 Å². The lowest BCUT2D eigenvalue weighted by molar-refractivity contribution is -0.0370. The summed E-state index contributed by atoms with van der Waals surface area (Å²) in [4.78, 5) is 8.05. The van der Waals surface area contributed by atoms with Crippen LogP contribution in [0, 0.1) is 3.57 Å². The van der Waals surface area contributed by atoms with Crippen LogP contribution in [0.2, 0.25) is 0 Å². The fourth-order valence-corrected chi connectivity index (χ4v) is 2.18. The summed E-state index contributed by atoms with van der Waals surface area (Å²) < 4.78 is 1.01. The van der Waals surface area contributed by atoms with Crippen molar-refractivity contribution in [1.29, 1.82) is 0 Å². The summed E-state index contributed by atoms with van der Waals surface area (Å²) in [6, 6.07) is 0. The van der Waals surface area contributed by atoms with E-state index in [1.165, 1.54) is 6.33 Å². The summed E-state index contributed by atoms with van der Waals surface area (Å²) in [7, 11) is 0. The van der Waals surface area contributed by atoms with Crippen molar-refractivity contribution in [3.63, 3.8) is 0 Å². The average Bonchev–Trinajstić information content (AvgIpc) is 2.18. The first-order chi connectivity index (χ1) is 7.20. The van der Waals surface area contributed by atoms with Gasteiger partial charge in [-0.15, -0.1) is 0 Å². The molecule has 1 aromatic rings. The molecule has 2 N–H and O–H groups in total. The Balaban J connectivity index is 1.81. The van der Waals surface area contributed by atoms with E-state index in [0.717, 1.165) is 41.6 Å². The first-order valence-electron chi connectivity index (χ1n) is 5.11. The smallest absolute Gasteiger partial charge is 0.142 e. The summed E-state index contributed by atoms with van der Waals surface area (Å²) in [5, 5.41) is 13.1. The lowest BCUT2D eigenvalue weighted by Crippen LogP contribution is -2.38. The highest BCUT2D eigenvalue weighted by molar-refractivity contribution is 14.1. The number of rotatable bonds is 4. The third kappa shape index (κ3) is 2.78. The minimum Gasteiger partial charge on any atom is -0.390 e. The monoisotopic (exact) mass is 319 g/mol. The summed E-state index contributed by atoms with van der Waals surface area (Å²) in [5.41, 5.74) is -0.411. The molecule has 1 saturated carbocycles. The van der Waals surface area contributed by atoms with E-state index in [9.17, 15) is 5.11 Å². The Labute approximate surface area is 103 Å². The molecule has 1 aliphatic carbocycles. The molecule has 0 amide bonds. The molecule has 5 heteroatoms. The van der Waals surface area contributed by atoms with Crippen molar-refractivity contribution in [3.05, 3.63) is 16.1 Å². The van der Waals surface area contributed by atoms with Crippen molar-refractivity contribution in [2.24, 2.45) is 0 Å². The molecule has 0 atom stereocenters. The number of aromatic nitrogens is 2. The highest BCUT2D eigenvalue weighted by Gasteiger charge is 2.33. The fourth-order valence-electron chi connectivity index (χ4n) is 1.69. The minimum atomic E-state index is -0.411. The maximum absolute atomic E-state index is 9.88. The molecule has 2 rings (SSSR count). The predicted molar refractivity (Wildman–Crippen MR) is 66.7 cm³/mol. The van der Waals surface area contributed by atoms with E-state index >= 15 is 0 Å². The second kappa shape index (κ2) is 4.61. The molecule has 82 valence electrons. The third-order valence-electron chi connectivity index (χ3n) is 2.83. The molecule has 0 spiro atoms. The van der Waals surface area contributed by atoms with Crippen LogP contribution >= 0.6 is 22.6 Å². The van der Waals surface area contributed by atoms with Gasteiger partial charge in [0.1, 0.15) is 12.1 Å². The Morgan fingerprint density at radius 3 is 2.93 bits per heavy atom. The second-order valence-electron chi connectivity index (χ2n) is 3.97. The first kappa shape index (κ1) is 11.1. The zero-order valence-corrected chi connectivity index (χ0v) is 10.6. The third-order valence-corrected chi connectivity index (χ3v) is 3.62. The number of nitrogens with zero attached hydrogens (tertiary/aromatic N) is 2.